The summed E-state index contributed by atoms with van der Waals surface area (Å²) in [6.45, 7) is 3.61. The molecule has 0 saturated heterocycles. The monoisotopic (exact) mass is 243 g/mol. The van der Waals surface area contributed by atoms with Crippen molar-refractivity contribution in [2.24, 2.45) is 5.10 Å². The number of nitrogens with one attached hydrogen (secondary N) is 2. The summed E-state index contributed by atoms with van der Waals surface area (Å²) in [4.78, 5) is 13.8. The van der Waals surface area contributed by atoms with Gasteiger partial charge in [0, 0.05) is 0 Å². The molecule has 1 heterocycles. The van der Waals surface area contributed by atoms with Crippen LogP contribution in [-0.4, -0.2) is 21.4 Å². The van der Waals surface area contributed by atoms with Crippen molar-refractivity contribution in [2.75, 3.05) is 5.43 Å². The van der Waals surface area contributed by atoms with Crippen molar-refractivity contribution in [1.29, 1.82) is 0 Å². The molecule has 0 unspecified atom stereocenters. The van der Waals surface area contributed by atoms with E-state index in [9.17, 15) is 4.79 Å². The molecule has 6 nitrogen and oxygen atoms in total. The Kier molecular flexibility index (Phi) is 3.47. The Hall–Kier alpha value is -2.50. The van der Waals surface area contributed by atoms with Crippen molar-refractivity contribution in [3.05, 3.63) is 51.4 Å². The highest BCUT2D eigenvalue weighted by Gasteiger charge is 1.97. The Balaban J connectivity index is 2.04. The number of hydrogen-bond acceptors (Lipinski definition) is 5. The van der Waals surface area contributed by atoms with Crippen molar-refractivity contribution < 1.29 is 0 Å². The molecule has 2 rings (SSSR count). The molecule has 18 heavy (non-hydrogen) atoms. The van der Waals surface area contributed by atoms with Gasteiger partial charge < -0.3 is 0 Å². The van der Waals surface area contributed by atoms with Crippen LogP contribution >= 0.6 is 0 Å². The normalized spacial score (nSPS) is 10.8. The first-order valence-corrected chi connectivity index (χ1v) is 5.44. The zero-order valence-electron chi connectivity index (χ0n) is 10.1. The van der Waals surface area contributed by atoms with Gasteiger partial charge in [0.1, 0.15) is 5.69 Å². The Morgan fingerprint density at radius 2 is 1.94 bits per heavy atom. The molecular weight excluding hydrogens is 230 g/mol. The minimum Gasteiger partial charge on any atom is -0.288 e. The van der Waals surface area contributed by atoms with Gasteiger partial charge in [-0.05, 0) is 19.4 Å². The Morgan fingerprint density at radius 1 is 1.22 bits per heavy atom. The second-order valence-electron chi connectivity index (χ2n) is 3.87. The summed E-state index contributed by atoms with van der Waals surface area (Å²) in [5.74, 6) is 0.217. The predicted octanol–water partition coefficient (Wildman–Crippen LogP) is 1.23. The molecule has 1 aromatic carbocycles. The minimum absolute atomic E-state index is 0.217. The Bertz CT molecular complexity index is 615. The molecule has 0 aliphatic carbocycles. The van der Waals surface area contributed by atoms with Crippen LogP contribution in [0.5, 0.6) is 0 Å². The average Bonchev–Trinajstić information content (AvgIpc) is 2.36. The predicted molar refractivity (Wildman–Crippen MR) is 69.8 cm³/mol. The number of benzene rings is 1. The molecule has 1 aromatic heterocycles. The molecule has 0 fully saturated rings. The maximum atomic E-state index is 11.3. The van der Waals surface area contributed by atoms with E-state index in [0.717, 1.165) is 5.56 Å². The highest BCUT2D eigenvalue weighted by atomic mass is 16.1. The summed E-state index contributed by atoms with van der Waals surface area (Å²) in [6.07, 6.45) is 1.64. The molecule has 0 bridgehead atoms. The average molecular weight is 243 g/mol. The summed E-state index contributed by atoms with van der Waals surface area (Å²) < 4.78 is 0. The van der Waals surface area contributed by atoms with E-state index < -0.39 is 0 Å². The van der Waals surface area contributed by atoms with Gasteiger partial charge >= 0.3 is 0 Å². The number of aromatic nitrogens is 3. The van der Waals surface area contributed by atoms with Gasteiger partial charge in [-0.3, -0.25) is 9.78 Å². The summed E-state index contributed by atoms with van der Waals surface area (Å²) in [5, 5.41) is 11.4. The largest absolute Gasteiger partial charge is 0.288 e. The minimum atomic E-state index is -0.280. The fourth-order valence-corrected chi connectivity index (χ4v) is 1.26. The van der Waals surface area contributed by atoms with Gasteiger partial charge in [0.2, 0.25) is 5.95 Å². The summed E-state index contributed by atoms with van der Waals surface area (Å²) in [5.41, 5.74) is 4.80. The number of aryl methyl sites for hydroxylation is 2. The Labute approximate surface area is 104 Å². The number of hydrogen-bond donors (Lipinski definition) is 2. The molecule has 0 saturated carbocycles. The maximum Gasteiger partial charge on any atom is 0.274 e. The van der Waals surface area contributed by atoms with E-state index in [1.807, 2.05) is 31.2 Å². The summed E-state index contributed by atoms with van der Waals surface area (Å²) >= 11 is 0. The number of H-pyrrole nitrogens is 1. The second kappa shape index (κ2) is 5.22. The first kappa shape index (κ1) is 12.0. The van der Waals surface area contributed by atoms with Crippen LogP contribution in [0.3, 0.4) is 0 Å². The van der Waals surface area contributed by atoms with Crippen molar-refractivity contribution >= 4 is 12.2 Å². The lowest BCUT2D eigenvalue weighted by molar-refractivity contribution is 0.897. The van der Waals surface area contributed by atoms with Gasteiger partial charge in [0.05, 0.1) is 6.21 Å². The SMILES string of the molecule is Cc1ccc(/C=N/Nc2nnc(C)c(=O)[nH]2)cc1. The standard InChI is InChI=1S/C12H13N5O/c1-8-3-5-10(6-4-8)7-13-16-12-14-11(18)9(2)15-17-12/h3-7H,1-2H3,(H2,14,16,17,18)/b13-7+. The van der Waals surface area contributed by atoms with Crippen LogP contribution in [0.2, 0.25) is 0 Å². The van der Waals surface area contributed by atoms with Gasteiger partial charge in [-0.1, -0.05) is 29.8 Å². The molecule has 0 spiro atoms. The number of rotatable bonds is 3. The van der Waals surface area contributed by atoms with Gasteiger partial charge in [0.25, 0.3) is 5.56 Å². The molecule has 92 valence electrons. The van der Waals surface area contributed by atoms with Crippen LogP contribution in [0.15, 0.2) is 34.2 Å². The van der Waals surface area contributed by atoms with Crippen LogP contribution in [-0.2, 0) is 0 Å². The number of nitrogens with zero attached hydrogens (tertiary/aromatic N) is 3. The third kappa shape index (κ3) is 3.00. The van der Waals surface area contributed by atoms with Crippen molar-refractivity contribution in [2.45, 2.75) is 13.8 Å². The smallest absolute Gasteiger partial charge is 0.274 e. The first-order valence-electron chi connectivity index (χ1n) is 5.44. The van der Waals surface area contributed by atoms with Crippen LogP contribution in [0, 0.1) is 13.8 Å². The van der Waals surface area contributed by atoms with Crippen LogP contribution in [0.4, 0.5) is 5.95 Å². The van der Waals surface area contributed by atoms with Gasteiger partial charge in [0.15, 0.2) is 0 Å². The fraction of sp³-hybridized carbons (Fsp3) is 0.167. The maximum absolute atomic E-state index is 11.3. The van der Waals surface area contributed by atoms with E-state index >= 15 is 0 Å². The lowest BCUT2D eigenvalue weighted by Crippen LogP contribution is -2.15. The van der Waals surface area contributed by atoms with E-state index in [2.05, 4.69) is 25.7 Å². The van der Waals surface area contributed by atoms with Gasteiger partial charge in [-0.2, -0.15) is 5.10 Å². The lowest BCUT2D eigenvalue weighted by Gasteiger charge is -1.98. The summed E-state index contributed by atoms with van der Waals surface area (Å²) in [7, 11) is 0. The first-order chi connectivity index (χ1) is 8.65. The van der Waals surface area contributed by atoms with Gasteiger partial charge in [-0.25, -0.2) is 5.43 Å². The highest BCUT2D eigenvalue weighted by molar-refractivity contribution is 5.79. The molecule has 0 radical (unpaired) electrons. The van der Waals surface area contributed by atoms with E-state index in [0.29, 0.717) is 5.69 Å². The molecule has 6 heteroatoms. The number of aromatic amines is 1. The highest BCUT2D eigenvalue weighted by Crippen LogP contribution is 2.00. The number of anilines is 1. The van der Waals surface area contributed by atoms with E-state index in [4.69, 9.17) is 0 Å². The Morgan fingerprint density at radius 3 is 2.61 bits per heavy atom. The summed E-state index contributed by atoms with van der Waals surface area (Å²) in [6, 6.07) is 7.89. The molecule has 0 amide bonds. The molecule has 0 atom stereocenters. The third-order valence-corrected chi connectivity index (χ3v) is 2.32. The van der Waals surface area contributed by atoms with Crippen molar-refractivity contribution in [1.82, 2.24) is 15.2 Å². The molecular formula is C12H13N5O. The van der Waals surface area contributed by atoms with E-state index in [1.54, 1.807) is 13.1 Å². The van der Waals surface area contributed by atoms with Crippen molar-refractivity contribution in [3.8, 4) is 0 Å². The molecule has 2 N–H and O–H groups in total. The fourth-order valence-electron chi connectivity index (χ4n) is 1.26. The van der Waals surface area contributed by atoms with Gasteiger partial charge in [-0.15, -0.1) is 10.2 Å². The zero-order valence-corrected chi connectivity index (χ0v) is 10.1. The quantitative estimate of drug-likeness (QED) is 0.627. The van der Waals surface area contributed by atoms with Crippen LogP contribution in [0.25, 0.3) is 0 Å². The van der Waals surface area contributed by atoms with Crippen LogP contribution in [0.1, 0.15) is 16.8 Å². The van der Waals surface area contributed by atoms with E-state index in [-0.39, 0.29) is 11.5 Å². The zero-order chi connectivity index (χ0) is 13.0. The molecule has 2 aromatic rings. The number of hydrazone groups is 1. The van der Waals surface area contributed by atoms with E-state index in [1.165, 1.54) is 5.56 Å². The lowest BCUT2D eigenvalue weighted by atomic mass is 10.2. The van der Waals surface area contributed by atoms with Crippen molar-refractivity contribution in [3.63, 3.8) is 0 Å². The molecule has 0 aliphatic rings. The topological polar surface area (TPSA) is 83.0 Å². The second-order valence-corrected chi connectivity index (χ2v) is 3.87. The molecule has 0 aliphatic heterocycles. The third-order valence-electron chi connectivity index (χ3n) is 2.32. The van der Waals surface area contributed by atoms with Crippen LogP contribution < -0.4 is 11.0 Å².